The van der Waals surface area contributed by atoms with Gasteiger partial charge in [-0.2, -0.15) is 0 Å². The SMILES string of the molecule is CCC.CCCCCCCCOc1ccc(C(=O)c2ccccc2)c(O)c1.COc1ccc(C(=O)c2ccccc2)c(O)c1.COc1ccc(C(=O)c2ccccc2)c(O)c1.COc1ccc(C(=O)c2ccccc2)c(O)c1.O=C(c1ccc(O)cc1O)c1ccc(O)cc1O.O=C(c1ccccc1)c1ccc(O)cc1O. The van der Waals surface area contributed by atoms with E-state index in [0.717, 1.165) is 31.0 Å². The normalized spacial score (nSPS) is 10.0. The average molecular weight is 1520 g/mol. The molecule has 0 atom stereocenters. The molecule has 0 spiro atoms. The monoisotopic (exact) mass is 1510 g/mol. The molecule has 0 aliphatic carbocycles. The number of rotatable bonds is 23. The Bertz CT molecular complexity index is 4720. The van der Waals surface area contributed by atoms with Crippen molar-refractivity contribution in [2.75, 3.05) is 27.9 Å². The molecule has 12 aromatic carbocycles. The molecule has 0 amide bonds. The van der Waals surface area contributed by atoms with E-state index in [2.05, 4.69) is 20.8 Å². The van der Waals surface area contributed by atoms with Crippen LogP contribution in [0.3, 0.4) is 0 Å². The average Bonchev–Trinajstić information content (AvgIpc) is 0.812. The van der Waals surface area contributed by atoms with E-state index in [1.54, 1.807) is 158 Å². The van der Waals surface area contributed by atoms with Gasteiger partial charge in [-0.25, -0.2) is 0 Å². The maximum Gasteiger partial charge on any atom is 0.200 e. The van der Waals surface area contributed by atoms with Crippen LogP contribution in [0.25, 0.3) is 0 Å². The minimum absolute atomic E-state index is 0.0377. The number of carbonyl (C=O) groups is 6. The number of phenols is 10. The number of unbranched alkanes of at least 4 members (excludes halogenated alkanes) is 5. The lowest BCUT2D eigenvalue weighted by Crippen LogP contribution is -2.02. The molecule has 0 radical (unpaired) electrons. The molecule has 0 aliphatic heterocycles. The summed E-state index contributed by atoms with van der Waals surface area (Å²) in [6.45, 7) is 7.10. The van der Waals surface area contributed by atoms with Gasteiger partial charge >= 0.3 is 0 Å². The van der Waals surface area contributed by atoms with E-state index >= 15 is 0 Å². The van der Waals surface area contributed by atoms with Gasteiger partial charge in [-0.05, 0) is 91.3 Å². The van der Waals surface area contributed by atoms with E-state index in [1.807, 2.05) is 42.5 Å². The predicted octanol–water partition coefficient (Wildman–Crippen LogP) is 18.7. The molecule has 0 fully saturated rings. The smallest absolute Gasteiger partial charge is 0.200 e. The highest BCUT2D eigenvalue weighted by atomic mass is 16.5. The quantitative estimate of drug-likeness (QED) is 0.0210. The Morgan fingerprint density at radius 1 is 0.241 bits per heavy atom. The van der Waals surface area contributed by atoms with Gasteiger partial charge in [-0.3, -0.25) is 28.8 Å². The third kappa shape index (κ3) is 26.7. The molecule has 0 saturated carbocycles. The molecular formula is C92H90O20. The van der Waals surface area contributed by atoms with Gasteiger partial charge in [0.1, 0.15) is 80.5 Å². The van der Waals surface area contributed by atoms with Crippen molar-refractivity contribution >= 4 is 34.7 Å². The van der Waals surface area contributed by atoms with Gasteiger partial charge < -0.3 is 70.0 Å². The number of phenolic OH excluding ortho intramolecular Hbond substituents is 10. The van der Waals surface area contributed by atoms with Gasteiger partial charge in [-0.15, -0.1) is 0 Å². The van der Waals surface area contributed by atoms with Crippen molar-refractivity contribution < 1.29 is 98.8 Å². The lowest BCUT2D eigenvalue weighted by Gasteiger charge is -2.09. The summed E-state index contributed by atoms with van der Waals surface area (Å²) in [5.41, 5.74) is 3.93. The van der Waals surface area contributed by atoms with Crippen LogP contribution >= 0.6 is 0 Å². The molecule has 0 unspecified atom stereocenters. The van der Waals surface area contributed by atoms with Crippen LogP contribution in [-0.4, -0.2) is 114 Å². The first-order chi connectivity index (χ1) is 54.0. The van der Waals surface area contributed by atoms with Crippen LogP contribution in [0.5, 0.6) is 80.5 Å². The number of carbonyl (C=O) groups excluding carboxylic acids is 6. The molecule has 578 valence electrons. The van der Waals surface area contributed by atoms with E-state index in [-0.39, 0.29) is 120 Å². The van der Waals surface area contributed by atoms with E-state index in [4.69, 9.17) is 34.3 Å². The minimum atomic E-state index is -0.606. The summed E-state index contributed by atoms with van der Waals surface area (Å²) < 4.78 is 20.6. The Hall–Kier alpha value is -14.1. The van der Waals surface area contributed by atoms with Crippen LogP contribution in [0.4, 0.5) is 0 Å². The number of hydrogen-bond donors (Lipinski definition) is 10. The van der Waals surface area contributed by atoms with E-state index < -0.39 is 5.78 Å². The van der Waals surface area contributed by atoms with Crippen LogP contribution in [0, 0.1) is 0 Å². The van der Waals surface area contributed by atoms with Gasteiger partial charge in [0, 0.05) is 70.3 Å². The van der Waals surface area contributed by atoms with Crippen LogP contribution in [0.2, 0.25) is 0 Å². The van der Waals surface area contributed by atoms with Gasteiger partial charge in [0.15, 0.2) is 34.7 Å². The number of ether oxygens (including phenoxy) is 4. The summed E-state index contributed by atoms with van der Waals surface area (Å²) >= 11 is 0. The van der Waals surface area contributed by atoms with Crippen molar-refractivity contribution in [1.29, 1.82) is 0 Å². The largest absolute Gasteiger partial charge is 0.508 e. The lowest BCUT2D eigenvalue weighted by atomic mass is 10.0. The molecule has 112 heavy (non-hydrogen) atoms. The Morgan fingerprint density at radius 3 is 0.679 bits per heavy atom. The topological polar surface area (TPSA) is 342 Å². The standard InChI is InChI=1S/C21H26O3.3C14H12O3.C13H10O5.C13H10O3.C3H8/c1-2-3-4-5-6-10-15-24-18-13-14-19(20(22)16-18)21(23)17-11-8-7-9-12-17;3*1-17-11-7-8-12(13(15)9-11)14(16)10-5-3-2-4-6-10;14-7-1-3-9(11(16)5-7)13(18)10-4-2-8(15)6-12(10)17;14-10-6-7-11(12(15)8-10)13(16)9-4-2-1-3-5-9;1-3-2/h7-9,11-14,16,22H,2-6,10,15H2,1H3;3*2-9,15H,1H3;1-6,14-17H;1-8,14-15H;3H2,1-2H3. The van der Waals surface area contributed by atoms with E-state index in [1.165, 1.54) is 114 Å². The third-order valence-electron chi connectivity index (χ3n) is 16.2. The third-order valence-corrected chi connectivity index (χ3v) is 16.2. The molecule has 20 nitrogen and oxygen atoms in total. The number of ketones is 6. The highest BCUT2D eigenvalue weighted by Gasteiger charge is 2.21. The predicted molar refractivity (Wildman–Crippen MR) is 429 cm³/mol. The van der Waals surface area contributed by atoms with Gasteiger partial charge in [0.25, 0.3) is 0 Å². The Morgan fingerprint density at radius 2 is 0.446 bits per heavy atom. The lowest BCUT2D eigenvalue weighted by molar-refractivity contribution is 0.102. The maximum absolute atomic E-state index is 12.4. The summed E-state index contributed by atoms with van der Waals surface area (Å²) in [6, 6.07) is 73.9. The second-order valence-corrected chi connectivity index (χ2v) is 24.6. The molecule has 0 aliphatic rings. The van der Waals surface area contributed by atoms with E-state index in [9.17, 15) is 64.5 Å². The molecule has 0 heterocycles. The molecule has 0 saturated heterocycles. The van der Waals surface area contributed by atoms with Gasteiger partial charge in [0.2, 0.25) is 0 Å². The zero-order chi connectivity index (χ0) is 81.5. The van der Waals surface area contributed by atoms with Gasteiger partial charge in [-0.1, -0.05) is 211 Å². The fourth-order valence-corrected chi connectivity index (χ4v) is 10.4. The molecule has 0 aromatic heterocycles. The molecule has 10 N–H and O–H groups in total. The van der Waals surface area contributed by atoms with Crippen LogP contribution in [0.1, 0.15) is 161 Å². The molecule has 12 rings (SSSR count). The zero-order valence-electron chi connectivity index (χ0n) is 62.8. The maximum atomic E-state index is 12.4. The van der Waals surface area contributed by atoms with Gasteiger partial charge in [0.05, 0.1) is 66.9 Å². The van der Waals surface area contributed by atoms with Crippen LogP contribution in [0.15, 0.2) is 279 Å². The van der Waals surface area contributed by atoms with Crippen molar-refractivity contribution in [2.24, 2.45) is 0 Å². The zero-order valence-corrected chi connectivity index (χ0v) is 62.8. The first-order valence-corrected chi connectivity index (χ1v) is 35.6. The number of benzene rings is 12. The summed E-state index contributed by atoms with van der Waals surface area (Å²) in [4.78, 5) is 72.5. The highest BCUT2D eigenvalue weighted by molar-refractivity contribution is 6.14. The Balaban J connectivity index is 0.000000209. The summed E-state index contributed by atoms with van der Waals surface area (Å²) in [7, 11) is 4.52. The van der Waals surface area contributed by atoms with Crippen molar-refractivity contribution in [3.05, 3.63) is 346 Å². The number of methoxy groups -OCH3 is 3. The van der Waals surface area contributed by atoms with Crippen LogP contribution < -0.4 is 18.9 Å². The summed E-state index contributed by atoms with van der Waals surface area (Å²) in [6.07, 6.45) is 8.50. The summed E-state index contributed by atoms with van der Waals surface area (Å²) in [5.74, 6) is -1.13. The van der Waals surface area contributed by atoms with Crippen molar-refractivity contribution in [3.8, 4) is 80.5 Å². The van der Waals surface area contributed by atoms with E-state index in [0.29, 0.717) is 63.0 Å². The van der Waals surface area contributed by atoms with Crippen LogP contribution in [-0.2, 0) is 0 Å². The Labute approximate surface area is 650 Å². The minimum Gasteiger partial charge on any atom is -0.508 e. The van der Waals surface area contributed by atoms with Crippen molar-refractivity contribution in [3.63, 3.8) is 0 Å². The first-order valence-electron chi connectivity index (χ1n) is 35.6. The molecular weight excluding hydrogens is 1420 g/mol. The highest BCUT2D eigenvalue weighted by Crippen LogP contribution is 2.33. The first kappa shape index (κ1) is 86.8. The Kier molecular flexibility index (Phi) is 35.3. The van der Waals surface area contributed by atoms with Crippen molar-refractivity contribution in [2.45, 2.75) is 65.7 Å². The number of aromatic hydroxyl groups is 10. The van der Waals surface area contributed by atoms with Crippen molar-refractivity contribution in [1.82, 2.24) is 0 Å². The molecule has 12 aromatic rings. The fraction of sp³-hybridized carbons (Fsp3) is 0.152. The number of hydrogen-bond acceptors (Lipinski definition) is 20. The fourth-order valence-electron chi connectivity index (χ4n) is 10.4. The second-order valence-electron chi connectivity index (χ2n) is 24.6. The second kappa shape index (κ2) is 45.5. The molecule has 20 heteroatoms. The molecule has 0 bridgehead atoms. The summed E-state index contributed by atoms with van der Waals surface area (Å²) in [5, 5.41) is 95.4.